The van der Waals surface area contributed by atoms with Gasteiger partial charge in [-0.25, -0.2) is 0 Å². The van der Waals surface area contributed by atoms with Gasteiger partial charge in [-0.15, -0.1) is 0 Å². The molecule has 1 atom stereocenters. The second kappa shape index (κ2) is 3.79. The fourth-order valence-corrected chi connectivity index (χ4v) is 2.26. The van der Waals surface area contributed by atoms with Crippen molar-refractivity contribution in [1.29, 1.82) is 0 Å². The van der Waals surface area contributed by atoms with Gasteiger partial charge in [0, 0.05) is 16.6 Å². The van der Waals surface area contributed by atoms with E-state index >= 15 is 0 Å². The standard InChI is InChI=1S/C11H14ClNO/c1-7-5-8(12)6-9(11(7)14)10-3-2-4-13-10/h5-6,10,13-14H,2-4H2,1H3. The summed E-state index contributed by atoms with van der Waals surface area (Å²) >= 11 is 5.96. The van der Waals surface area contributed by atoms with Gasteiger partial charge in [0.1, 0.15) is 5.75 Å². The van der Waals surface area contributed by atoms with Crippen LogP contribution in [0, 0.1) is 6.92 Å². The Balaban J connectivity index is 2.40. The van der Waals surface area contributed by atoms with Gasteiger partial charge < -0.3 is 10.4 Å². The zero-order chi connectivity index (χ0) is 10.1. The maximum atomic E-state index is 9.88. The molecule has 0 amide bonds. The van der Waals surface area contributed by atoms with Crippen LogP contribution in [0.5, 0.6) is 5.75 Å². The number of benzene rings is 1. The first-order valence-corrected chi connectivity index (χ1v) is 5.28. The summed E-state index contributed by atoms with van der Waals surface area (Å²) in [5.41, 5.74) is 1.79. The lowest BCUT2D eigenvalue weighted by Gasteiger charge is -2.14. The van der Waals surface area contributed by atoms with Crippen molar-refractivity contribution in [1.82, 2.24) is 5.32 Å². The van der Waals surface area contributed by atoms with E-state index in [0.717, 1.165) is 30.5 Å². The first-order valence-electron chi connectivity index (χ1n) is 4.91. The van der Waals surface area contributed by atoms with Gasteiger partial charge in [0.25, 0.3) is 0 Å². The Morgan fingerprint density at radius 2 is 2.29 bits per heavy atom. The molecule has 1 aliphatic heterocycles. The predicted octanol–water partition coefficient (Wildman–Crippen LogP) is 2.78. The lowest BCUT2D eigenvalue weighted by Crippen LogP contribution is -2.13. The van der Waals surface area contributed by atoms with E-state index in [4.69, 9.17) is 11.6 Å². The average Bonchev–Trinajstić information content (AvgIpc) is 2.63. The number of nitrogens with one attached hydrogen (secondary N) is 1. The number of hydrogen-bond donors (Lipinski definition) is 2. The SMILES string of the molecule is Cc1cc(Cl)cc(C2CCCN2)c1O. The highest BCUT2D eigenvalue weighted by molar-refractivity contribution is 6.30. The van der Waals surface area contributed by atoms with E-state index in [9.17, 15) is 5.11 Å². The van der Waals surface area contributed by atoms with E-state index in [1.807, 2.05) is 13.0 Å². The molecule has 14 heavy (non-hydrogen) atoms. The number of aryl methyl sites for hydroxylation is 1. The highest BCUT2D eigenvalue weighted by Crippen LogP contribution is 2.34. The van der Waals surface area contributed by atoms with E-state index in [2.05, 4.69) is 5.32 Å². The Labute approximate surface area is 88.9 Å². The van der Waals surface area contributed by atoms with Gasteiger partial charge in [0.2, 0.25) is 0 Å². The van der Waals surface area contributed by atoms with Crippen LogP contribution >= 0.6 is 11.6 Å². The largest absolute Gasteiger partial charge is 0.507 e. The molecule has 0 spiro atoms. The molecular formula is C11H14ClNO. The maximum Gasteiger partial charge on any atom is 0.123 e. The van der Waals surface area contributed by atoms with Crippen molar-refractivity contribution in [2.45, 2.75) is 25.8 Å². The van der Waals surface area contributed by atoms with Gasteiger partial charge in [-0.1, -0.05) is 11.6 Å². The van der Waals surface area contributed by atoms with Crippen LogP contribution in [0.4, 0.5) is 0 Å². The molecule has 1 fully saturated rings. The Bertz CT molecular complexity index is 345. The fraction of sp³-hybridized carbons (Fsp3) is 0.455. The molecule has 0 aromatic heterocycles. The molecule has 2 N–H and O–H groups in total. The normalized spacial score (nSPS) is 21.4. The second-order valence-electron chi connectivity index (χ2n) is 3.81. The van der Waals surface area contributed by atoms with Gasteiger partial charge in [-0.2, -0.15) is 0 Å². The Hall–Kier alpha value is -0.730. The molecule has 2 rings (SSSR count). The summed E-state index contributed by atoms with van der Waals surface area (Å²) < 4.78 is 0. The van der Waals surface area contributed by atoms with E-state index in [1.54, 1.807) is 6.07 Å². The van der Waals surface area contributed by atoms with Crippen molar-refractivity contribution >= 4 is 11.6 Å². The van der Waals surface area contributed by atoms with Crippen molar-refractivity contribution in [2.75, 3.05) is 6.54 Å². The number of aromatic hydroxyl groups is 1. The highest BCUT2D eigenvalue weighted by Gasteiger charge is 2.20. The molecule has 0 bridgehead atoms. The number of phenolic OH excluding ortho intramolecular Hbond substituents is 1. The summed E-state index contributed by atoms with van der Waals surface area (Å²) in [4.78, 5) is 0. The van der Waals surface area contributed by atoms with E-state index < -0.39 is 0 Å². The van der Waals surface area contributed by atoms with Crippen molar-refractivity contribution < 1.29 is 5.11 Å². The Kier molecular flexibility index (Phi) is 2.66. The van der Waals surface area contributed by atoms with Gasteiger partial charge in [0.15, 0.2) is 0 Å². The summed E-state index contributed by atoms with van der Waals surface area (Å²) in [6.07, 6.45) is 2.24. The molecule has 76 valence electrons. The molecule has 0 aliphatic carbocycles. The van der Waals surface area contributed by atoms with Crippen molar-refractivity contribution in [3.63, 3.8) is 0 Å². The third-order valence-electron chi connectivity index (χ3n) is 2.73. The number of halogens is 1. The monoisotopic (exact) mass is 211 g/mol. The molecule has 1 unspecified atom stereocenters. The van der Waals surface area contributed by atoms with Crippen molar-refractivity contribution in [3.8, 4) is 5.75 Å². The third kappa shape index (κ3) is 1.72. The molecule has 1 saturated heterocycles. The van der Waals surface area contributed by atoms with Crippen LogP contribution in [0.25, 0.3) is 0 Å². The van der Waals surface area contributed by atoms with Gasteiger partial charge in [-0.05, 0) is 44.0 Å². The van der Waals surface area contributed by atoms with Crippen LogP contribution in [-0.4, -0.2) is 11.7 Å². The smallest absolute Gasteiger partial charge is 0.123 e. The van der Waals surface area contributed by atoms with Gasteiger partial charge in [-0.3, -0.25) is 0 Å². The minimum Gasteiger partial charge on any atom is -0.507 e. The van der Waals surface area contributed by atoms with Crippen LogP contribution in [0.15, 0.2) is 12.1 Å². The minimum atomic E-state index is 0.271. The van der Waals surface area contributed by atoms with Crippen LogP contribution in [0.3, 0.4) is 0 Å². The molecular weight excluding hydrogens is 198 g/mol. The molecule has 1 heterocycles. The Morgan fingerprint density at radius 1 is 1.50 bits per heavy atom. The molecule has 0 saturated carbocycles. The summed E-state index contributed by atoms with van der Waals surface area (Å²) in [6, 6.07) is 3.91. The van der Waals surface area contributed by atoms with Crippen LogP contribution in [0.2, 0.25) is 5.02 Å². The lowest BCUT2D eigenvalue weighted by molar-refractivity contribution is 0.453. The third-order valence-corrected chi connectivity index (χ3v) is 2.95. The van der Waals surface area contributed by atoms with Crippen LogP contribution in [0.1, 0.15) is 30.0 Å². The van der Waals surface area contributed by atoms with Crippen LogP contribution in [-0.2, 0) is 0 Å². The number of rotatable bonds is 1. The summed E-state index contributed by atoms with van der Waals surface area (Å²) in [6.45, 7) is 2.90. The minimum absolute atomic E-state index is 0.271. The first kappa shape index (κ1) is 9.81. The molecule has 1 aromatic rings. The predicted molar refractivity (Wildman–Crippen MR) is 57.8 cm³/mol. The summed E-state index contributed by atoms with van der Waals surface area (Å²) in [5.74, 6) is 0.383. The molecule has 1 aromatic carbocycles. The molecule has 3 heteroatoms. The van der Waals surface area contributed by atoms with E-state index in [-0.39, 0.29) is 6.04 Å². The molecule has 1 aliphatic rings. The van der Waals surface area contributed by atoms with Crippen LogP contribution < -0.4 is 5.32 Å². The van der Waals surface area contributed by atoms with E-state index in [1.165, 1.54) is 0 Å². The molecule has 2 nitrogen and oxygen atoms in total. The quantitative estimate of drug-likeness (QED) is 0.749. The summed E-state index contributed by atoms with van der Waals surface area (Å²) in [7, 11) is 0. The van der Waals surface area contributed by atoms with Gasteiger partial charge in [0.05, 0.1) is 0 Å². The zero-order valence-corrected chi connectivity index (χ0v) is 8.93. The zero-order valence-electron chi connectivity index (χ0n) is 8.18. The number of hydrogen-bond acceptors (Lipinski definition) is 2. The van der Waals surface area contributed by atoms with Crippen molar-refractivity contribution in [3.05, 3.63) is 28.3 Å². The fourth-order valence-electron chi connectivity index (χ4n) is 1.98. The van der Waals surface area contributed by atoms with E-state index in [0.29, 0.717) is 10.8 Å². The first-order chi connectivity index (χ1) is 6.68. The lowest BCUT2D eigenvalue weighted by atomic mass is 10.0. The number of phenols is 1. The Morgan fingerprint density at radius 3 is 2.93 bits per heavy atom. The maximum absolute atomic E-state index is 9.88. The van der Waals surface area contributed by atoms with Crippen molar-refractivity contribution in [2.24, 2.45) is 0 Å². The highest BCUT2D eigenvalue weighted by atomic mass is 35.5. The summed E-state index contributed by atoms with van der Waals surface area (Å²) in [5, 5.41) is 13.9. The average molecular weight is 212 g/mol. The molecule has 0 radical (unpaired) electrons. The second-order valence-corrected chi connectivity index (χ2v) is 4.25. The van der Waals surface area contributed by atoms with Gasteiger partial charge >= 0.3 is 0 Å². The topological polar surface area (TPSA) is 32.3 Å².